The summed E-state index contributed by atoms with van der Waals surface area (Å²) >= 11 is 0. The zero-order chi connectivity index (χ0) is 14.7. The first-order valence-corrected chi connectivity index (χ1v) is 6.32. The Morgan fingerprint density at radius 3 is 2.75 bits per heavy atom. The molecule has 108 valence electrons. The van der Waals surface area contributed by atoms with Gasteiger partial charge in [-0.3, -0.25) is 14.4 Å². The van der Waals surface area contributed by atoms with E-state index in [1.807, 2.05) is 0 Å². The molecule has 1 saturated carbocycles. The van der Waals surface area contributed by atoms with Crippen molar-refractivity contribution < 1.29 is 23.9 Å². The molecule has 7 nitrogen and oxygen atoms in total. The van der Waals surface area contributed by atoms with E-state index in [9.17, 15) is 14.4 Å². The molecule has 0 saturated heterocycles. The number of amides is 2. The number of furan rings is 1. The van der Waals surface area contributed by atoms with Crippen molar-refractivity contribution in [2.45, 2.75) is 25.9 Å². The van der Waals surface area contributed by atoms with Gasteiger partial charge in [-0.2, -0.15) is 0 Å². The number of hydrogen-bond donors (Lipinski definition) is 3. The minimum atomic E-state index is -0.972. The molecule has 3 unspecified atom stereocenters. The van der Waals surface area contributed by atoms with Crippen LogP contribution in [0.3, 0.4) is 0 Å². The van der Waals surface area contributed by atoms with Gasteiger partial charge in [-0.25, -0.2) is 0 Å². The molecular weight excluding hydrogens is 264 g/mol. The predicted molar refractivity (Wildman–Crippen MR) is 67.4 cm³/mol. The van der Waals surface area contributed by atoms with Crippen LogP contribution < -0.4 is 10.6 Å². The lowest BCUT2D eigenvalue weighted by atomic mass is 10.2. The Kier molecular flexibility index (Phi) is 4.07. The van der Waals surface area contributed by atoms with Gasteiger partial charge in [0.2, 0.25) is 11.8 Å². The van der Waals surface area contributed by atoms with Crippen LogP contribution in [0.25, 0.3) is 0 Å². The third-order valence-electron chi connectivity index (χ3n) is 3.21. The van der Waals surface area contributed by atoms with Crippen LogP contribution in [0.15, 0.2) is 22.8 Å². The maximum atomic E-state index is 11.7. The lowest BCUT2D eigenvalue weighted by Gasteiger charge is -2.13. The number of carbonyl (C=O) groups is 3. The van der Waals surface area contributed by atoms with E-state index in [0.717, 1.165) is 0 Å². The number of carboxylic acids is 1. The summed E-state index contributed by atoms with van der Waals surface area (Å²) in [4.78, 5) is 34.1. The third-order valence-corrected chi connectivity index (χ3v) is 3.21. The molecule has 2 amide bonds. The lowest BCUT2D eigenvalue weighted by Crippen LogP contribution is -2.45. The van der Waals surface area contributed by atoms with Crippen LogP contribution in [0.4, 0.5) is 0 Å². The molecule has 0 bridgehead atoms. The van der Waals surface area contributed by atoms with Crippen molar-refractivity contribution in [3.8, 4) is 0 Å². The summed E-state index contributed by atoms with van der Waals surface area (Å²) in [6, 6.07) is 2.73. The molecule has 0 radical (unpaired) electrons. The molecule has 20 heavy (non-hydrogen) atoms. The van der Waals surface area contributed by atoms with E-state index in [4.69, 9.17) is 9.52 Å². The Labute approximate surface area is 115 Å². The highest BCUT2D eigenvalue weighted by Gasteiger charge is 2.48. The molecule has 1 heterocycles. The van der Waals surface area contributed by atoms with Crippen LogP contribution in [0, 0.1) is 11.8 Å². The summed E-state index contributed by atoms with van der Waals surface area (Å²) in [5.41, 5.74) is 0. The molecule has 1 aromatic rings. The van der Waals surface area contributed by atoms with Gasteiger partial charge in [-0.1, -0.05) is 0 Å². The summed E-state index contributed by atoms with van der Waals surface area (Å²) in [5.74, 6) is -2.23. The van der Waals surface area contributed by atoms with Crippen LogP contribution in [0.1, 0.15) is 19.1 Å². The van der Waals surface area contributed by atoms with Crippen molar-refractivity contribution in [1.29, 1.82) is 0 Å². The summed E-state index contributed by atoms with van der Waals surface area (Å²) in [5, 5.41) is 13.9. The fourth-order valence-electron chi connectivity index (χ4n) is 1.88. The summed E-state index contributed by atoms with van der Waals surface area (Å²) in [7, 11) is 0. The van der Waals surface area contributed by atoms with E-state index < -0.39 is 29.8 Å². The van der Waals surface area contributed by atoms with Gasteiger partial charge in [0.15, 0.2) is 0 Å². The number of aliphatic carboxylic acids is 1. The van der Waals surface area contributed by atoms with Crippen LogP contribution >= 0.6 is 0 Å². The van der Waals surface area contributed by atoms with Crippen LogP contribution in [-0.4, -0.2) is 28.9 Å². The highest BCUT2D eigenvalue weighted by atomic mass is 16.4. The molecule has 7 heteroatoms. The fourth-order valence-corrected chi connectivity index (χ4v) is 1.88. The molecular formula is C13H16N2O5. The van der Waals surface area contributed by atoms with Crippen LogP contribution in [0.2, 0.25) is 0 Å². The van der Waals surface area contributed by atoms with Crippen molar-refractivity contribution in [2.24, 2.45) is 11.8 Å². The Morgan fingerprint density at radius 2 is 2.20 bits per heavy atom. The number of carboxylic acid groups (broad SMARTS) is 1. The number of nitrogens with one attached hydrogen (secondary N) is 2. The van der Waals surface area contributed by atoms with E-state index >= 15 is 0 Å². The standard InChI is InChI=1S/C13H16N2O5/c1-7(11(16)14-6-8-3-2-4-20-8)15-12(17)9-5-10(9)13(18)19/h2-4,7,9-10H,5-6H2,1H3,(H,14,16)(H,15,17)(H,18,19). The van der Waals surface area contributed by atoms with Gasteiger partial charge in [0.25, 0.3) is 0 Å². The molecule has 1 fully saturated rings. The smallest absolute Gasteiger partial charge is 0.307 e. The zero-order valence-electron chi connectivity index (χ0n) is 11.0. The van der Waals surface area contributed by atoms with Gasteiger partial charge in [0, 0.05) is 0 Å². The minimum Gasteiger partial charge on any atom is -0.481 e. The number of carbonyl (C=O) groups excluding carboxylic acids is 2. The summed E-state index contributed by atoms with van der Waals surface area (Å²) < 4.78 is 5.07. The molecule has 3 atom stereocenters. The topological polar surface area (TPSA) is 109 Å². The molecule has 1 aliphatic rings. The number of hydrogen-bond acceptors (Lipinski definition) is 4. The molecule has 0 spiro atoms. The predicted octanol–water partition coefficient (Wildman–Crippen LogP) is 0.121. The van der Waals surface area contributed by atoms with Gasteiger partial charge in [0.05, 0.1) is 24.6 Å². The average molecular weight is 280 g/mol. The van der Waals surface area contributed by atoms with Gasteiger partial charge in [-0.05, 0) is 25.5 Å². The maximum absolute atomic E-state index is 11.7. The van der Waals surface area contributed by atoms with E-state index in [0.29, 0.717) is 12.2 Å². The van der Waals surface area contributed by atoms with E-state index in [-0.39, 0.29) is 12.5 Å². The van der Waals surface area contributed by atoms with Gasteiger partial charge >= 0.3 is 5.97 Å². The first-order chi connectivity index (χ1) is 9.49. The molecule has 0 aromatic carbocycles. The van der Waals surface area contributed by atoms with Gasteiger partial charge < -0.3 is 20.2 Å². The lowest BCUT2D eigenvalue weighted by molar-refractivity contribution is -0.140. The second kappa shape index (κ2) is 5.77. The first-order valence-electron chi connectivity index (χ1n) is 6.32. The second-order valence-corrected chi connectivity index (χ2v) is 4.81. The van der Waals surface area contributed by atoms with Gasteiger partial charge in [0.1, 0.15) is 11.8 Å². The third kappa shape index (κ3) is 3.37. The zero-order valence-corrected chi connectivity index (χ0v) is 11.0. The first kappa shape index (κ1) is 14.1. The Morgan fingerprint density at radius 1 is 1.45 bits per heavy atom. The van der Waals surface area contributed by atoms with Crippen molar-refractivity contribution in [3.63, 3.8) is 0 Å². The minimum absolute atomic E-state index is 0.243. The highest BCUT2D eigenvalue weighted by Crippen LogP contribution is 2.38. The molecule has 1 aliphatic carbocycles. The number of rotatable bonds is 6. The Hall–Kier alpha value is -2.31. The van der Waals surface area contributed by atoms with Crippen molar-refractivity contribution >= 4 is 17.8 Å². The quantitative estimate of drug-likeness (QED) is 0.686. The Bertz CT molecular complexity index is 511. The van der Waals surface area contributed by atoms with E-state index in [1.54, 1.807) is 19.1 Å². The van der Waals surface area contributed by atoms with Crippen molar-refractivity contribution in [2.75, 3.05) is 0 Å². The van der Waals surface area contributed by atoms with E-state index in [1.165, 1.54) is 6.26 Å². The Balaban J connectivity index is 1.74. The molecule has 1 aromatic heterocycles. The normalized spacial score (nSPS) is 21.9. The maximum Gasteiger partial charge on any atom is 0.307 e. The fraction of sp³-hybridized carbons (Fsp3) is 0.462. The van der Waals surface area contributed by atoms with Crippen molar-refractivity contribution in [1.82, 2.24) is 10.6 Å². The van der Waals surface area contributed by atoms with Crippen LogP contribution in [-0.2, 0) is 20.9 Å². The summed E-state index contributed by atoms with van der Waals surface area (Å²) in [6.07, 6.45) is 1.84. The molecule has 2 rings (SSSR count). The molecule has 3 N–H and O–H groups in total. The molecule has 0 aliphatic heterocycles. The van der Waals surface area contributed by atoms with Crippen LogP contribution in [0.5, 0.6) is 0 Å². The summed E-state index contributed by atoms with van der Waals surface area (Å²) in [6.45, 7) is 1.79. The van der Waals surface area contributed by atoms with E-state index in [2.05, 4.69) is 10.6 Å². The monoisotopic (exact) mass is 280 g/mol. The largest absolute Gasteiger partial charge is 0.481 e. The van der Waals surface area contributed by atoms with Gasteiger partial charge in [-0.15, -0.1) is 0 Å². The second-order valence-electron chi connectivity index (χ2n) is 4.81. The SMILES string of the molecule is CC(NC(=O)C1CC1C(=O)O)C(=O)NCc1ccco1. The highest BCUT2D eigenvalue weighted by molar-refractivity contribution is 5.92. The average Bonchev–Trinajstić information content (AvgIpc) is 3.05. The van der Waals surface area contributed by atoms with Crippen molar-refractivity contribution in [3.05, 3.63) is 24.2 Å².